The van der Waals surface area contributed by atoms with Gasteiger partial charge in [0.15, 0.2) is 0 Å². The smallest absolute Gasteiger partial charge is 0.137 e. The molecular formula is C14H20ClNO2. The van der Waals surface area contributed by atoms with Crippen molar-refractivity contribution < 1.29 is 9.47 Å². The zero-order valence-corrected chi connectivity index (χ0v) is 11.7. The molecule has 2 rings (SSSR count). The minimum absolute atomic E-state index is 0.260. The van der Waals surface area contributed by atoms with Crippen molar-refractivity contribution in [1.29, 1.82) is 0 Å². The lowest BCUT2D eigenvalue weighted by Gasteiger charge is -2.40. The second kappa shape index (κ2) is 5.47. The van der Waals surface area contributed by atoms with Crippen molar-refractivity contribution >= 4 is 11.6 Å². The quantitative estimate of drug-likeness (QED) is 0.894. The monoisotopic (exact) mass is 269 g/mol. The summed E-state index contributed by atoms with van der Waals surface area (Å²) >= 11 is 6.16. The van der Waals surface area contributed by atoms with Crippen LogP contribution in [-0.2, 0) is 4.74 Å². The number of hydrogen-bond acceptors (Lipinski definition) is 3. The minimum Gasteiger partial charge on any atom is -0.495 e. The molecule has 0 spiro atoms. The molecule has 1 unspecified atom stereocenters. The fraction of sp³-hybridized carbons (Fsp3) is 0.571. The van der Waals surface area contributed by atoms with Crippen LogP contribution >= 0.6 is 11.6 Å². The molecule has 2 N–H and O–H groups in total. The fourth-order valence-electron chi connectivity index (χ4n) is 2.44. The van der Waals surface area contributed by atoms with Crippen LogP contribution in [0, 0.1) is 5.41 Å². The molecule has 100 valence electrons. The maximum atomic E-state index is 6.16. The third-order valence-electron chi connectivity index (χ3n) is 3.57. The molecule has 0 bridgehead atoms. The van der Waals surface area contributed by atoms with Crippen molar-refractivity contribution in [2.24, 2.45) is 11.1 Å². The molecule has 0 aromatic heterocycles. The molecule has 0 aliphatic carbocycles. The van der Waals surface area contributed by atoms with Crippen molar-refractivity contribution in [3.63, 3.8) is 0 Å². The first-order valence-corrected chi connectivity index (χ1v) is 6.57. The molecule has 1 heterocycles. The van der Waals surface area contributed by atoms with Crippen molar-refractivity contribution in [3.8, 4) is 5.75 Å². The van der Waals surface area contributed by atoms with Crippen molar-refractivity contribution in [2.45, 2.75) is 19.3 Å². The molecule has 1 aliphatic rings. The third kappa shape index (κ3) is 2.79. The van der Waals surface area contributed by atoms with E-state index in [0.29, 0.717) is 23.2 Å². The van der Waals surface area contributed by atoms with Crippen molar-refractivity contribution in [3.05, 3.63) is 28.8 Å². The molecule has 3 nitrogen and oxygen atoms in total. The van der Waals surface area contributed by atoms with Gasteiger partial charge in [-0.05, 0) is 36.6 Å². The van der Waals surface area contributed by atoms with Crippen molar-refractivity contribution in [1.82, 2.24) is 0 Å². The van der Waals surface area contributed by atoms with E-state index in [0.717, 1.165) is 19.6 Å². The van der Waals surface area contributed by atoms with Gasteiger partial charge in [-0.25, -0.2) is 0 Å². The van der Waals surface area contributed by atoms with Gasteiger partial charge in [-0.2, -0.15) is 0 Å². The van der Waals surface area contributed by atoms with Gasteiger partial charge in [0.05, 0.1) is 25.3 Å². The van der Waals surface area contributed by atoms with Gasteiger partial charge in [-0.3, -0.25) is 0 Å². The van der Waals surface area contributed by atoms with E-state index < -0.39 is 0 Å². The molecule has 18 heavy (non-hydrogen) atoms. The Balaban J connectivity index is 2.14. The van der Waals surface area contributed by atoms with Gasteiger partial charge in [0, 0.05) is 5.41 Å². The van der Waals surface area contributed by atoms with Crippen LogP contribution in [-0.4, -0.2) is 26.9 Å². The van der Waals surface area contributed by atoms with Gasteiger partial charge < -0.3 is 15.2 Å². The summed E-state index contributed by atoms with van der Waals surface area (Å²) in [5, 5.41) is 0.642. The standard InChI is InChI=1S/C14H20ClNO2/c1-14(8-18-9-14)6-11(7-16)10-3-4-13(17-2)12(15)5-10/h3-5,11H,6-9,16H2,1-2H3. The first-order chi connectivity index (χ1) is 8.58. The minimum atomic E-state index is 0.260. The number of hydrogen-bond donors (Lipinski definition) is 1. The predicted molar refractivity (Wildman–Crippen MR) is 73.3 cm³/mol. The zero-order valence-electron chi connectivity index (χ0n) is 10.9. The highest BCUT2D eigenvalue weighted by Gasteiger charge is 2.35. The number of rotatable bonds is 5. The summed E-state index contributed by atoms with van der Waals surface area (Å²) in [5.41, 5.74) is 7.33. The Morgan fingerprint density at radius 3 is 2.67 bits per heavy atom. The van der Waals surface area contributed by atoms with E-state index in [1.165, 1.54) is 5.56 Å². The second-order valence-corrected chi connectivity index (χ2v) is 5.74. The van der Waals surface area contributed by atoms with Gasteiger partial charge >= 0.3 is 0 Å². The summed E-state index contributed by atoms with van der Waals surface area (Å²) in [5.74, 6) is 1.02. The molecule has 1 saturated heterocycles. The fourth-order valence-corrected chi connectivity index (χ4v) is 2.70. The Bertz CT molecular complexity index is 418. The van der Waals surface area contributed by atoms with E-state index >= 15 is 0 Å². The molecule has 1 aromatic carbocycles. The molecule has 0 amide bonds. The van der Waals surface area contributed by atoms with Crippen LogP contribution in [0.15, 0.2) is 18.2 Å². The van der Waals surface area contributed by atoms with Gasteiger partial charge in [-0.1, -0.05) is 24.6 Å². The molecule has 1 aromatic rings. The maximum Gasteiger partial charge on any atom is 0.137 e. The molecule has 4 heteroatoms. The Hall–Kier alpha value is -0.770. The van der Waals surface area contributed by atoms with Crippen LogP contribution in [0.25, 0.3) is 0 Å². The van der Waals surface area contributed by atoms with Gasteiger partial charge in [-0.15, -0.1) is 0 Å². The lowest BCUT2D eigenvalue weighted by atomic mass is 9.77. The summed E-state index contributed by atoms with van der Waals surface area (Å²) in [6, 6.07) is 5.91. The number of nitrogens with two attached hydrogens (primary N) is 1. The Labute approximate surface area is 113 Å². The number of ether oxygens (including phenoxy) is 2. The predicted octanol–water partition coefficient (Wildman–Crippen LogP) is 2.82. The topological polar surface area (TPSA) is 44.5 Å². The van der Waals surface area contributed by atoms with E-state index in [1.54, 1.807) is 7.11 Å². The highest BCUT2D eigenvalue weighted by Crippen LogP contribution is 2.38. The third-order valence-corrected chi connectivity index (χ3v) is 3.87. The summed E-state index contributed by atoms with van der Waals surface area (Å²) < 4.78 is 10.5. The van der Waals surface area contributed by atoms with E-state index in [-0.39, 0.29) is 5.41 Å². The lowest BCUT2D eigenvalue weighted by Crippen LogP contribution is -2.41. The molecule has 1 atom stereocenters. The Kier molecular flexibility index (Phi) is 4.15. The molecule has 0 saturated carbocycles. The zero-order chi connectivity index (χ0) is 13.2. The van der Waals surface area contributed by atoms with Gasteiger partial charge in [0.2, 0.25) is 0 Å². The molecule has 1 fully saturated rings. The second-order valence-electron chi connectivity index (χ2n) is 5.33. The van der Waals surface area contributed by atoms with Crippen LogP contribution in [0.1, 0.15) is 24.8 Å². The SMILES string of the molecule is COc1ccc(C(CN)CC2(C)COC2)cc1Cl. The summed E-state index contributed by atoms with van der Waals surface area (Å²) in [4.78, 5) is 0. The first-order valence-electron chi connectivity index (χ1n) is 6.19. The Morgan fingerprint density at radius 2 is 2.22 bits per heavy atom. The highest BCUT2D eigenvalue weighted by molar-refractivity contribution is 6.32. The van der Waals surface area contributed by atoms with Crippen LogP contribution < -0.4 is 10.5 Å². The number of methoxy groups -OCH3 is 1. The normalized spacial score (nSPS) is 19.1. The van der Waals surface area contributed by atoms with Crippen LogP contribution in [0.5, 0.6) is 5.75 Å². The maximum absolute atomic E-state index is 6.16. The highest BCUT2D eigenvalue weighted by atomic mass is 35.5. The van der Waals surface area contributed by atoms with Gasteiger partial charge in [0.1, 0.15) is 5.75 Å². The molecule has 0 radical (unpaired) electrons. The van der Waals surface area contributed by atoms with Crippen LogP contribution in [0.3, 0.4) is 0 Å². The van der Waals surface area contributed by atoms with E-state index in [1.807, 2.05) is 18.2 Å². The number of benzene rings is 1. The largest absolute Gasteiger partial charge is 0.495 e. The van der Waals surface area contributed by atoms with Crippen LogP contribution in [0.2, 0.25) is 5.02 Å². The van der Waals surface area contributed by atoms with E-state index in [9.17, 15) is 0 Å². The Morgan fingerprint density at radius 1 is 1.50 bits per heavy atom. The van der Waals surface area contributed by atoms with Crippen LogP contribution in [0.4, 0.5) is 0 Å². The van der Waals surface area contributed by atoms with E-state index in [2.05, 4.69) is 6.92 Å². The number of halogens is 1. The summed E-state index contributed by atoms with van der Waals surface area (Å²) in [6.07, 6.45) is 1.03. The summed E-state index contributed by atoms with van der Waals surface area (Å²) in [6.45, 7) is 4.52. The lowest BCUT2D eigenvalue weighted by molar-refractivity contribution is -0.108. The first kappa shape index (κ1) is 13.7. The molecular weight excluding hydrogens is 250 g/mol. The summed E-state index contributed by atoms with van der Waals surface area (Å²) in [7, 11) is 1.62. The van der Waals surface area contributed by atoms with E-state index in [4.69, 9.17) is 26.8 Å². The van der Waals surface area contributed by atoms with Gasteiger partial charge in [0.25, 0.3) is 0 Å². The molecule has 1 aliphatic heterocycles. The average Bonchev–Trinajstić information content (AvgIpc) is 2.33. The average molecular weight is 270 g/mol. The van der Waals surface area contributed by atoms with Crippen molar-refractivity contribution in [2.75, 3.05) is 26.9 Å².